The highest BCUT2D eigenvalue weighted by Crippen LogP contribution is 2.39. The molecule has 0 bridgehead atoms. The second-order valence-electron chi connectivity index (χ2n) is 5.62. The highest BCUT2D eigenvalue weighted by atomic mass is 35.5. The summed E-state index contributed by atoms with van der Waals surface area (Å²) < 4.78 is 8.03. The molecule has 1 saturated carbocycles. The lowest BCUT2D eigenvalue weighted by Gasteiger charge is -2.38. The van der Waals surface area contributed by atoms with Crippen molar-refractivity contribution in [2.24, 2.45) is 4.99 Å². The van der Waals surface area contributed by atoms with E-state index in [1.807, 2.05) is 0 Å². The second-order valence-corrected chi connectivity index (χ2v) is 6.43. The van der Waals surface area contributed by atoms with Crippen LogP contribution in [-0.4, -0.2) is 33.9 Å². The summed E-state index contributed by atoms with van der Waals surface area (Å²) in [7, 11) is 0. The van der Waals surface area contributed by atoms with Crippen molar-refractivity contribution in [3.8, 4) is 0 Å². The Morgan fingerprint density at radius 3 is 2.50 bits per heavy atom. The molecule has 1 aliphatic carbocycles. The summed E-state index contributed by atoms with van der Waals surface area (Å²) in [6, 6.07) is 6.82. The summed E-state index contributed by atoms with van der Waals surface area (Å²) in [4.78, 5) is 30.3. The van der Waals surface area contributed by atoms with Gasteiger partial charge in [0.25, 0.3) is 5.91 Å². The molecule has 1 fully saturated rings. The Labute approximate surface area is 140 Å². The Morgan fingerprint density at radius 1 is 1.27 bits per heavy atom. The summed E-state index contributed by atoms with van der Waals surface area (Å²) in [5.41, 5.74) is 0.0983. The lowest BCUT2D eigenvalue weighted by molar-refractivity contribution is -0.132. The number of hydrogen-bond donors (Lipinski definition) is 0. The van der Waals surface area contributed by atoms with Gasteiger partial charge in [-0.15, -0.1) is 0 Å². The van der Waals surface area contributed by atoms with Gasteiger partial charge in [-0.2, -0.15) is 0 Å². The predicted molar refractivity (Wildman–Crippen MR) is 86.4 cm³/mol. The zero-order chi connectivity index (χ0) is 16.6. The van der Waals surface area contributed by atoms with Crippen LogP contribution in [0.1, 0.15) is 39.0 Å². The van der Waals surface area contributed by atoms with E-state index in [0.717, 1.165) is 19.3 Å². The minimum atomic E-state index is -1.43. The van der Waals surface area contributed by atoms with Crippen molar-refractivity contribution in [3.05, 3.63) is 34.9 Å². The van der Waals surface area contributed by atoms with Gasteiger partial charge < -0.3 is 4.90 Å². The number of halogens is 2. The first-order chi connectivity index (χ1) is 10.9. The summed E-state index contributed by atoms with van der Waals surface area (Å²) in [5.74, 6) is -0.414. The van der Waals surface area contributed by atoms with Gasteiger partial charge in [-0.25, -0.2) is 0 Å². The summed E-state index contributed by atoms with van der Waals surface area (Å²) in [5, 5.41) is -0.297. The molecule has 1 amide bonds. The number of aliphatic imine (C=N–C) groups is 1. The zero-order valence-electron chi connectivity index (χ0n) is 12.9. The first-order valence-corrected chi connectivity index (χ1v) is 8.01. The fourth-order valence-electron chi connectivity index (χ4n) is 3.16. The van der Waals surface area contributed by atoms with E-state index in [4.69, 9.17) is 24.6 Å². The Kier molecular flexibility index (Phi) is 3.89. The molecule has 0 aromatic heterocycles. The smallest absolute Gasteiger partial charge is 0.275 e. The third-order valence-electron chi connectivity index (χ3n) is 4.19. The molecule has 3 rings (SSSR count). The fraction of sp³-hybridized carbons (Fsp3) is 0.438. The minimum Gasteiger partial charge on any atom is -0.304 e. The minimum absolute atomic E-state index is 0.277. The van der Waals surface area contributed by atoms with Gasteiger partial charge in [-0.3, -0.25) is 14.6 Å². The van der Waals surface area contributed by atoms with Crippen molar-refractivity contribution >= 4 is 40.1 Å². The number of benzene rings is 1. The quantitative estimate of drug-likeness (QED) is 0.792. The average Bonchev–Trinajstić information content (AvgIpc) is 2.80. The molecule has 0 radical (unpaired) electrons. The molecular formula is C16H16Cl2N2O2. The Balaban J connectivity index is 2.04. The lowest BCUT2D eigenvalue weighted by atomic mass is 9.88. The highest BCUT2D eigenvalue weighted by molar-refractivity contribution is 6.64. The molecule has 1 unspecified atom stereocenters. The van der Waals surface area contributed by atoms with E-state index >= 15 is 0 Å². The van der Waals surface area contributed by atoms with Gasteiger partial charge in [0.2, 0.25) is 5.24 Å². The van der Waals surface area contributed by atoms with Crippen LogP contribution in [-0.2, 0) is 9.59 Å². The largest absolute Gasteiger partial charge is 0.304 e. The number of carbonyl (C=O) groups is 2. The Bertz CT molecular complexity index is 669. The van der Waals surface area contributed by atoms with E-state index in [1.165, 1.54) is 4.90 Å². The number of amides is 1. The first-order valence-electron chi connectivity index (χ1n) is 7.83. The molecule has 4 nitrogen and oxygen atoms in total. The Hall–Kier alpha value is -1.39. The fourth-order valence-corrected chi connectivity index (χ4v) is 3.38. The summed E-state index contributed by atoms with van der Waals surface area (Å²) >= 11 is 11.4. The van der Waals surface area contributed by atoms with Crippen molar-refractivity contribution in [3.63, 3.8) is 0 Å². The molecule has 22 heavy (non-hydrogen) atoms. The normalized spacial score (nSPS) is 22.5. The van der Waals surface area contributed by atoms with Crippen LogP contribution in [0.15, 0.2) is 29.3 Å². The van der Waals surface area contributed by atoms with Crippen LogP contribution in [0, 0.1) is 0 Å². The van der Waals surface area contributed by atoms with Gasteiger partial charge in [0.1, 0.15) is 11.4 Å². The molecule has 0 saturated heterocycles. The molecule has 0 N–H and O–H groups in total. The van der Waals surface area contributed by atoms with E-state index in [9.17, 15) is 9.59 Å². The van der Waals surface area contributed by atoms with Gasteiger partial charge in [0, 0.05) is 10.6 Å². The molecule has 116 valence electrons. The van der Waals surface area contributed by atoms with Crippen LogP contribution in [0.2, 0.25) is 5.02 Å². The highest BCUT2D eigenvalue weighted by Gasteiger charge is 2.48. The second kappa shape index (κ2) is 6.01. The van der Waals surface area contributed by atoms with E-state index in [-0.39, 0.29) is 5.71 Å². The van der Waals surface area contributed by atoms with Crippen LogP contribution >= 0.6 is 23.2 Å². The van der Waals surface area contributed by atoms with E-state index in [1.54, 1.807) is 24.3 Å². The van der Waals surface area contributed by atoms with Crippen molar-refractivity contribution in [1.29, 1.82) is 0 Å². The lowest BCUT2D eigenvalue weighted by Crippen LogP contribution is -2.49. The SMILES string of the molecule is [2H]C(C(=O)Cl)N1C(=O)C(c2ccc(Cl)cc2)=NC12CCCCC2. The van der Waals surface area contributed by atoms with Crippen molar-refractivity contribution in [2.45, 2.75) is 37.8 Å². The maximum atomic E-state index is 12.8. The molecule has 1 aromatic rings. The van der Waals surface area contributed by atoms with E-state index in [0.29, 0.717) is 23.4 Å². The molecule has 2 aliphatic rings. The van der Waals surface area contributed by atoms with Crippen molar-refractivity contribution in [2.75, 3.05) is 6.52 Å². The third kappa shape index (κ3) is 2.77. The molecule has 1 aliphatic heterocycles. The predicted octanol–water partition coefficient (Wildman–Crippen LogP) is 3.40. The van der Waals surface area contributed by atoms with Gasteiger partial charge in [-0.1, -0.05) is 30.2 Å². The molecule has 1 heterocycles. The topological polar surface area (TPSA) is 49.7 Å². The van der Waals surface area contributed by atoms with Crippen molar-refractivity contribution < 1.29 is 11.0 Å². The van der Waals surface area contributed by atoms with Gasteiger partial charge in [-0.05, 0) is 49.4 Å². The maximum absolute atomic E-state index is 12.8. The summed E-state index contributed by atoms with van der Waals surface area (Å²) in [6.07, 6.45) is 4.17. The Morgan fingerprint density at radius 2 is 1.91 bits per heavy atom. The summed E-state index contributed by atoms with van der Waals surface area (Å²) in [6.45, 7) is -1.43. The van der Waals surface area contributed by atoms with Crippen LogP contribution in [0.4, 0.5) is 0 Å². The first kappa shape index (κ1) is 14.2. The average molecular weight is 340 g/mol. The molecule has 1 spiro atoms. The molecular weight excluding hydrogens is 323 g/mol. The number of rotatable bonds is 3. The molecule has 1 aromatic carbocycles. The van der Waals surface area contributed by atoms with Crippen LogP contribution < -0.4 is 0 Å². The maximum Gasteiger partial charge on any atom is 0.275 e. The number of nitrogens with zero attached hydrogens (tertiary/aromatic N) is 2. The van der Waals surface area contributed by atoms with Gasteiger partial charge >= 0.3 is 0 Å². The molecule has 6 heteroatoms. The number of hydrogen-bond acceptors (Lipinski definition) is 3. The third-order valence-corrected chi connectivity index (χ3v) is 4.54. The van der Waals surface area contributed by atoms with Crippen molar-refractivity contribution in [1.82, 2.24) is 4.90 Å². The van der Waals surface area contributed by atoms with Gasteiger partial charge in [0.05, 0.1) is 7.89 Å². The van der Waals surface area contributed by atoms with Crippen LogP contribution in [0.3, 0.4) is 0 Å². The monoisotopic (exact) mass is 339 g/mol. The van der Waals surface area contributed by atoms with E-state index < -0.39 is 23.3 Å². The number of carbonyl (C=O) groups excluding carboxylic acids is 2. The van der Waals surface area contributed by atoms with Crippen LogP contribution in [0.25, 0.3) is 0 Å². The molecule has 1 atom stereocenters. The zero-order valence-corrected chi connectivity index (χ0v) is 13.4. The van der Waals surface area contributed by atoms with E-state index in [2.05, 4.69) is 4.99 Å². The van der Waals surface area contributed by atoms with Gasteiger partial charge in [0.15, 0.2) is 0 Å². The van der Waals surface area contributed by atoms with Crippen LogP contribution in [0.5, 0.6) is 0 Å². The standard InChI is InChI=1S/C16H16Cl2N2O2/c17-12-6-4-11(5-7-12)14-15(22)20(10-13(18)21)16(19-14)8-2-1-3-9-16/h4-7H,1-3,8-10H2/i10D.